The molecular formula is C18H14BrClN6O. The van der Waals surface area contributed by atoms with Gasteiger partial charge in [-0.1, -0.05) is 39.7 Å². The number of hydrogen-bond donors (Lipinski definition) is 0. The molecule has 27 heavy (non-hydrogen) atoms. The molecule has 2 heterocycles. The third kappa shape index (κ3) is 3.72. The van der Waals surface area contributed by atoms with Crippen LogP contribution >= 0.6 is 27.5 Å². The van der Waals surface area contributed by atoms with Gasteiger partial charge < -0.3 is 4.74 Å². The fourth-order valence-electron chi connectivity index (χ4n) is 2.56. The summed E-state index contributed by atoms with van der Waals surface area (Å²) in [6.45, 7) is 0.518. The Hall–Kier alpha value is -2.71. The highest BCUT2D eigenvalue weighted by atomic mass is 79.9. The monoisotopic (exact) mass is 444 g/mol. The Morgan fingerprint density at radius 3 is 2.52 bits per heavy atom. The second kappa shape index (κ2) is 7.50. The minimum Gasteiger partial charge on any atom is -0.497 e. The van der Waals surface area contributed by atoms with Crippen molar-refractivity contribution in [2.75, 3.05) is 7.11 Å². The number of tetrazole rings is 1. The molecule has 2 aromatic carbocycles. The first-order chi connectivity index (χ1) is 13.1. The van der Waals surface area contributed by atoms with Crippen molar-refractivity contribution in [1.82, 2.24) is 30.0 Å². The summed E-state index contributed by atoms with van der Waals surface area (Å²) in [5, 5.41) is 17.4. The van der Waals surface area contributed by atoms with E-state index in [2.05, 4.69) is 36.4 Å². The van der Waals surface area contributed by atoms with E-state index in [9.17, 15) is 0 Å². The number of rotatable bonds is 5. The van der Waals surface area contributed by atoms with E-state index in [-0.39, 0.29) is 0 Å². The quantitative estimate of drug-likeness (QED) is 0.464. The van der Waals surface area contributed by atoms with Gasteiger partial charge in [0.15, 0.2) is 0 Å². The predicted molar refractivity (Wildman–Crippen MR) is 105 cm³/mol. The summed E-state index contributed by atoms with van der Waals surface area (Å²) in [5.41, 5.74) is 2.51. The average Bonchev–Trinajstić information content (AvgIpc) is 3.30. The number of aromatic nitrogens is 6. The maximum atomic E-state index is 6.50. The first-order valence-corrected chi connectivity index (χ1v) is 9.22. The number of methoxy groups -OCH3 is 1. The molecule has 0 saturated heterocycles. The summed E-state index contributed by atoms with van der Waals surface area (Å²) in [6, 6.07) is 15.4. The van der Waals surface area contributed by atoms with Crippen LogP contribution in [0.25, 0.3) is 17.1 Å². The first-order valence-electron chi connectivity index (χ1n) is 8.04. The zero-order valence-corrected chi connectivity index (χ0v) is 16.6. The molecule has 4 aromatic rings. The second-order valence-electron chi connectivity index (χ2n) is 5.73. The van der Waals surface area contributed by atoms with Crippen molar-refractivity contribution in [3.8, 4) is 22.8 Å². The lowest BCUT2D eigenvalue weighted by Crippen LogP contribution is -2.03. The Balaban J connectivity index is 1.58. The molecule has 7 nitrogen and oxygen atoms in total. The third-order valence-electron chi connectivity index (χ3n) is 3.96. The van der Waals surface area contributed by atoms with Gasteiger partial charge in [0.05, 0.1) is 31.1 Å². The molecule has 0 aliphatic rings. The zero-order chi connectivity index (χ0) is 18.8. The summed E-state index contributed by atoms with van der Waals surface area (Å²) >= 11 is 9.92. The Morgan fingerprint density at radius 1 is 1.07 bits per heavy atom. The summed E-state index contributed by atoms with van der Waals surface area (Å²) in [7, 11) is 1.62. The molecule has 2 aromatic heterocycles. The molecule has 0 fully saturated rings. The highest BCUT2D eigenvalue weighted by Crippen LogP contribution is 2.27. The molecular weight excluding hydrogens is 432 g/mol. The van der Waals surface area contributed by atoms with Gasteiger partial charge in [-0.3, -0.25) is 0 Å². The van der Waals surface area contributed by atoms with Crippen LogP contribution in [-0.2, 0) is 6.54 Å². The number of nitrogens with zero attached hydrogens (tertiary/aromatic N) is 6. The molecule has 136 valence electrons. The van der Waals surface area contributed by atoms with Gasteiger partial charge >= 0.3 is 0 Å². The normalized spacial score (nSPS) is 10.9. The standard InChI is InChI=1S/C18H14BrClN6O/c1-27-15-8-6-14(7-9-15)26-17(20)16(10-21-26)18-22-24-25(23-18)11-12-2-4-13(19)5-3-12/h2-10H,11H2,1H3. The summed E-state index contributed by atoms with van der Waals surface area (Å²) in [4.78, 5) is 1.53. The van der Waals surface area contributed by atoms with E-state index >= 15 is 0 Å². The van der Waals surface area contributed by atoms with E-state index in [1.807, 2.05) is 48.5 Å². The van der Waals surface area contributed by atoms with Crippen LogP contribution < -0.4 is 4.74 Å². The van der Waals surface area contributed by atoms with Gasteiger partial charge in [0.25, 0.3) is 0 Å². The molecule has 0 unspecified atom stereocenters. The summed E-state index contributed by atoms with van der Waals surface area (Å²) in [5.74, 6) is 1.19. The maximum Gasteiger partial charge on any atom is 0.209 e. The molecule has 4 rings (SSSR count). The van der Waals surface area contributed by atoms with E-state index in [0.717, 1.165) is 21.5 Å². The van der Waals surface area contributed by atoms with Crippen molar-refractivity contribution in [2.24, 2.45) is 0 Å². The topological polar surface area (TPSA) is 70.7 Å². The molecule has 0 atom stereocenters. The molecule has 0 radical (unpaired) electrons. The van der Waals surface area contributed by atoms with Gasteiger partial charge in [-0.25, -0.2) is 4.68 Å². The average molecular weight is 446 g/mol. The van der Waals surface area contributed by atoms with Crippen molar-refractivity contribution < 1.29 is 4.74 Å². The van der Waals surface area contributed by atoms with Gasteiger partial charge in [0.2, 0.25) is 5.82 Å². The Labute approximate surface area is 168 Å². The van der Waals surface area contributed by atoms with Crippen LogP contribution in [0.2, 0.25) is 5.15 Å². The molecule has 0 amide bonds. The lowest BCUT2D eigenvalue weighted by Gasteiger charge is -2.04. The lowest BCUT2D eigenvalue weighted by atomic mass is 10.2. The summed E-state index contributed by atoms with van der Waals surface area (Å²) < 4.78 is 7.81. The van der Waals surface area contributed by atoms with Crippen LogP contribution in [0.4, 0.5) is 0 Å². The van der Waals surface area contributed by atoms with Crippen molar-refractivity contribution in [1.29, 1.82) is 0 Å². The Kier molecular flexibility index (Phi) is 4.91. The summed E-state index contributed by atoms with van der Waals surface area (Å²) in [6.07, 6.45) is 1.63. The van der Waals surface area contributed by atoms with Gasteiger partial charge in [0.1, 0.15) is 10.9 Å². The van der Waals surface area contributed by atoms with E-state index in [1.54, 1.807) is 18.0 Å². The zero-order valence-electron chi connectivity index (χ0n) is 14.3. The number of benzene rings is 2. The van der Waals surface area contributed by atoms with Crippen LogP contribution in [0.15, 0.2) is 59.2 Å². The first kappa shape index (κ1) is 17.7. The molecule has 9 heteroatoms. The fraction of sp³-hybridized carbons (Fsp3) is 0.111. The second-order valence-corrected chi connectivity index (χ2v) is 7.00. The van der Waals surface area contributed by atoms with E-state index in [0.29, 0.717) is 23.1 Å². The third-order valence-corrected chi connectivity index (χ3v) is 4.85. The van der Waals surface area contributed by atoms with Gasteiger partial charge in [-0.05, 0) is 47.2 Å². The molecule has 0 spiro atoms. The predicted octanol–water partition coefficient (Wildman–Crippen LogP) is 4.00. The minimum absolute atomic E-state index is 0.420. The van der Waals surface area contributed by atoms with Crippen molar-refractivity contribution in [3.05, 3.63) is 69.9 Å². The van der Waals surface area contributed by atoms with Crippen LogP contribution in [-0.4, -0.2) is 37.1 Å². The largest absolute Gasteiger partial charge is 0.497 e. The molecule has 0 aliphatic carbocycles. The van der Waals surface area contributed by atoms with Crippen molar-refractivity contribution in [3.63, 3.8) is 0 Å². The molecule has 0 saturated carbocycles. The van der Waals surface area contributed by atoms with Crippen LogP contribution in [0.3, 0.4) is 0 Å². The van der Waals surface area contributed by atoms with E-state index in [4.69, 9.17) is 16.3 Å². The number of hydrogen-bond acceptors (Lipinski definition) is 5. The highest BCUT2D eigenvalue weighted by Gasteiger charge is 2.16. The van der Waals surface area contributed by atoms with Crippen molar-refractivity contribution >= 4 is 27.5 Å². The Bertz CT molecular complexity index is 1060. The van der Waals surface area contributed by atoms with Gasteiger partial charge in [-0.2, -0.15) is 9.90 Å². The Morgan fingerprint density at radius 2 is 1.81 bits per heavy atom. The number of ether oxygens (including phenoxy) is 1. The maximum absolute atomic E-state index is 6.50. The van der Waals surface area contributed by atoms with Gasteiger partial charge in [-0.15, -0.1) is 10.2 Å². The van der Waals surface area contributed by atoms with Crippen LogP contribution in [0.1, 0.15) is 5.56 Å². The molecule has 0 aliphatic heterocycles. The van der Waals surface area contributed by atoms with E-state index < -0.39 is 0 Å². The number of halogens is 2. The SMILES string of the molecule is COc1ccc(-n2ncc(-c3nnn(Cc4ccc(Br)cc4)n3)c2Cl)cc1. The smallest absolute Gasteiger partial charge is 0.209 e. The highest BCUT2D eigenvalue weighted by molar-refractivity contribution is 9.10. The van der Waals surface area contributed by atoms with E-state index in [1.165, 1.54) is 4.80 Å². The van der Waals surface area contributed by atoms with Gasteiger partial charge in [0, 0.05) is 4.47 Å². The minimum atomic E-state index is 0.420. The molecule has 0 bridgehead atoms. The van der Waals surface area contributed by atoms with Crippen LogP contribution in [0, 0.1) is 0 Å². The van der Waals surface area contributed by atoms with Crippen LogP contribution in [0.5, 0.6) is 5.75 Å². The lowest BCUT2D eigenvalue weighted by molar-refractivity contribution is 0.414. The fourth-order valence-corrected chi connectivity index (χ4v) is 3.10. The van der Waals surface area contributed by atoms with Crippen molar-refractivity contribution in [2.45, 2.75) is 6.54 Å². The molecule has 0 N–H and O–H groups in total.